The second kappa shape index (κ2) is 6.21. The topological polar surface area (TPSA) is 36.4 Å². The third kappa shape index (κ3) is 3.46. The zero-order valence-electron chi connectivity index (χ0n) is 10.1. The van der Waals surface area contributed by atoms with Crippen LogP contribution in [0.1, 0.15) is 25.8 Å². The molecule has 0 amide bonds. The van der Waals surface area contributed by atoms with Gasteiger partial charge in [0.05, 0.1) is 0 Å². The Morgan fingerprint density at radius 1 is 1.50 bits per heavy atom. The van der Waals surface area contributed by atoms with E-state index in [9.17, 15) is 0 Å². The summed E-state index contributed by atoms with van der Waals surface area (Å²) in [5.74, 6) is 0.976. The first-order valence-corrected chi connectivity index (χ1v) is 6.35. The fraction of sp³-hybridized carbons (Fsp3) is 0.583. The molecule has 16 heavy (non-hydrogen) atoms. The van der Waals surface area contributed by atoms with E-state index in [0.29, 0.717) is 6.04 Å². The third-order valence-corrected chi connectivity index (χ3v) is 3.34. The van der Waals surface area contributed by atoms with Crippen LogP contribution in [0.2, 0.25) is 0 Å². The molecule has 0 fully saturated rings. The molecule has 3 nitrogen and oxygen atoms in total. The van der Waals surface area contributed by atoms with Crippen molar-refractivity contribution >= 4 is 21.7 Å². The fourth-order valence-corrected chi connectivity index (χ4v) is 1.78. The molecule has 1 rings (SSSR count). The summed E-state index contributed by atoms with van der Waals surface area (Å²) in [7, 11) is 0. The van der Waals surface area contributed by atoms with E-state index in [1.807, 2.05) is 6.20 Å². The Balaban J connectivity index is 2.88. The highest BCUT2D eigenvalue weighted by Crippen LogP contribution is 2.21. The first-order valence-electron chi connectivity index (χ1n) is 5.56. The molecule has 0 radical (unpaired) electrons. The van der Waals surface area contributed by atoms with Crippen LogP contribution in [0.3, 0.4) is 0 Å². The summed E-state index contributed by atoms with van der Waals surface area (Å²) in [4.78, 5) is 6.62. The quantitative estimate of drug-likeness (QED) is 0.904. The van der Waals surface area contributed by atoms with Gasteiger partial charge in [-0.2, -0.15) is 0 Å². The van der Waals surface area contributed by atoms with Crippen LogP contribution in [-0.4, -0.2) is 29.3 Å². The van der Waals surface area contributed by atoms with Gasteiger partial charge in [-0.25, -0.2) is 4.98 Å². The van der Waals surface area contributed by atoms with E-state index in [2.05, 4.69) is 52.7 Å². The molecule has 0 aliphatic rings. The lowest BCUT2D eigenvalue weighted by Gasteiger charge is -2.28. The largest absolute Gasteiger partial charge is 0.396 e. The first kappa shape index (κ1) is 13.5. The van der Waals surface area contributed by atoms with Crippen LogP contribution in [0.5, 0.6) is 0 Å². The van der Waals surface area contributed by atoms with Crippen molar-refractivity contribution in [2.45, 2.75) is 33.2 Å². The van der Waals surface area contributed by atoms with Gasteiger partial charge < -0.3 is 10.0 Å². The van der Waals surface area contributed by atoms with Crippen molar-refractivity contribution < 1.29 is 5.11 Å². The van der Waals surface area contributed by atoms with Gasteiger partial charge in [-0.15, -0.1) is 0 Å². The van der Waals surface area contributed by atoms with Gasteiger partial charge in [-0.3, -0.25) is 0 Å². The molecule has 1 N–H and O–H groups in total. The highest BCUT2D eigenvalue weighted by atomic mass is 79.9. The van der Waals surface area contributed by atoms with E-state index in [0.717, 1.165) is 23.3 Å². The van der Waals surface area contributed by atoms with Gasteiger partial charge >= 0.3 is 0 Å². The molecule has 0 aromatic carbocycles. The van der Waals surface area contributed by atoms with Crippen LogP contribution in [0.15, 0.2) is 16.7 Å². The maximum absolute atomic E-state index is 8.89. The van der Waals surface area contributed by atoms with Gasteiger partial charge in [0.2, 0.25) is 0 Å². The molecule has 0 bridgehead atoms. The molecule has 1 aromatic rings. The molecular formula is C12H19BrN2O. The van der Waals surface area contributed by atoms with Crippen LogP contribution < -0.4 is 4.90 Å². The summed E-state index contributed by atoms with van der Waals surface area (Å²) in [5, 5.41) is 8.89. The van der Waals surface area contributed by atoms with Crippen molar-refractivity contribution in [1.29, 1.82) is 0 Å². The molecule has 1 aromatic heterocycles. The van der Waals surface area contributed by atoms with Crippen molar-refractivity contribution in [3.05, 3.63) is 22.3 Å². The number of aromatic nitrogens is 1. The Morgan fingerprint density at radius 2 is 2.19 bits per heavy atom. The number of hydrogen-bond acceptors (Lipinski definition) is 3. The van der Waals surface area contributed by atoms with Gasteiger partial charge in [0.25, 0.3) is 0 Å². The standard InChI is InChI=1S/C12H19BrN2O/c1-9(2)15(5-4-6-16)12-7-10(3)11(13)8-14-12/h7-9,16H,4-6H2,1-3H3. The summed E-state index contributed by atoms with van der Waals surface area (Å²) >= 11 is 3.45. The van der Waals surface area contributed by atoms with Crippen LogP contribution in [0.4, 0.5) is 5.82 Å². The maximum atomic E-state index is 8.89. The van der Waals surface area contributed by atoms with Crippen molar-refractivity contribution in [1.82, 2.24) is 4.98 Å². The van der Waals surface area contributed by atoms with E-state index in [-0.39, 0.29) is 6.61 Å². The number of halogens is 1. The lowest BCUT2D eigenvalue weighted by atomic mass is 10.2. The number of pyridine rings is 1. The molecule has 0 saturated carbocycles. The predicted octanol–water partition coefficient (Wildman–Crippen LogP) is 2.75. The van der Waals surface area contributed by atoms with Crippen LogP contribution in [0, 0.1) is 6.92 Å². The van der Waals surface area contributed by atoms with E-state index < -0.39 is 0 Å². The number of aryl methyl sites for hydroxylation is 1. The monoisotopic (exact) mass is 286 g/mol. The number of rotatable bonds is 5. The Hall–Kier alpha value is -0.610. The molecule has 0 saturated heterocycles. The number of aliphatic hydroxyl groups is 1. The van der Waals surface area contributed by atoms with Crippen LogP contribution in [-0.2, 0) is 0 Å². The normalized spacial score (nSPS) is 10.9. The van der Waals surface area contributed by atoms with Crippen LogP contribution in [0.25, 0.3) is 0 Å². The summed E-state index contributed by atoms with van der Waals surface area (Å²) in [5.41, 5.74) is 1.18. The summed E-state index contributed by atoms with van der Waals surface area (Å²) in [6.07, 6.45) is 2.61. The van der Waals surface area contributed by atoms with Crippen molar-refractivity contribution in [3.63, 3.8) is 0 Å². The van der Waals surface area contributed by atoms with Crippen molar-refractivity contribution in [3.8, 4) is 0 Å². The molecule has 0 aliphatic heterocycles. The SMILES string of the molecule is Cc1cc(N(CCCO)C(C)C)ncc1Br. The van der Waals surface area contributed by atoms with Gasteiger partial charge in [-0.05, 0) is 54.8 Å². The summed E-state index contributed by atoms with van der Waals surface area (Å²) in [6.45, 7) is 7.38. The predicted molar refractivity (Wildman–Crippen MR) is 70.9 cm³/mol. The minimum Gasteiger partial charge on any atom is -0.396 e. The molecule has 0 spiro atoms. The van der Waals surface area contributed by atoms with Gasteiger partial charge in [0.1, 0.15) is 5.82 Å². The number of anilines is 1. The van der Waals surface area contributed by atoms with E-state index in [1.165, 1.54) is 5.56 Å². The maximum Gasteiger partial charge on any atom is 0.129 e. The number of hydrogen-bond donors (Lipinski definition) is 1. The van der Waals surface area contributed by atoms with Crippen molar-refractivity contribution in [2.75, 3.05) is 18.1 Å². The third-order valence-electron chi connectivity index (χ3n) is 2.51. The lowest BCUT2D eigenvalue weighted by Crippen LogP contribution is -2.33. The molecular weight excluding hydrogens is 268 g/mol. The average Bonchev–Trinajstić information content (AvgIpc) is 2.23. The molecule has 1 heterocycles. The second-order valence-corrected chi connectivity index (χ2v) is 5.01. The first-order chi connectivity index (χ1) is 7.56. The second-order valence-electron chi connectivity index (χ2n) is 4.16. The number of aliphatic hydroxyl groups excluding tert-OH is 1. The average molecular weight is 287 g/mol. The van der Waals surface area contributed by atoms with E-state index >= 15 is 0 Å². The number of nitrogens with zero attached hydrogens (tertiary/aromatic N) is 2. The van der Waals surface area contributed by atoms with E-state index in [1.54, 1.807) is 0 Å². The fourth-order valence-electron chi connectivity index (χ4n) is 1.56. The van der Waals surface area contributed by atoms with Crippen LogP contribution >= 0.6 is 15.9 Å². The Labute approximate surface area is 106 Å². The highest BCUT2D eigenvalue weighted by Gasteiger charge is 2.12. The zero-order valence-corrected chi connectivity index (χ0v) is 11.7. The molecule has 0 atom stereocenters. The van der Waals surface area contributed by atoms with E-state index in [4.69, 9.17) is 5.11 Å². The van der Waals surface area contributed by atoms with Gasteiger partial charge in [0.15, 0.2) is 0 Å². The van der Waals surface area contributed by atoms with Gasteiger partial charge in [0, 0.05) is 29.9 Å². The molecule has 0 aliphatic carbocycles. The molecule has 0 unspecified atom stereocenters. The minimum absolute atomic E-state index is 0.221. The zero-order chi connectivity index (χ0) is 12.1. The minimum atomic E-state index is 0.221. The lowest BCUT2D eigenvalue weighted by molar-refractivity contribution is 0.288. The van der Waals surface area contributed by atoms with Crippen molar-refractivity contribution in [2.24, 2.45) is 0 Å². The Kier molecular flexibility index (Phi) is 5.22. The smallest absolute Gasteiger partial charge is 0.129 e. The Bertz CT molecular complexity index is 342. The van der Waals surface area contributed by atoms with Gasteiger partial charge in [-0.1, -0.05) is 0 Å². The highest BCUT2D eigenvalue weighted by molar-refractivity contribution is 9.10. The molecule has 4 heteroatoms. The molecule has 90 valence electrons. The summed E-state index contributed by atoms with van der Waals surface area (Å²) in [6, 6.07) is 2.46. The Morgan fingerprint density at radius 3 is 2.69 bits per heavy atom. The summed E-state index contributed by atoms with van der Waals surface area (Å²) < 4.78 is 1.03.